The summed E-state index contributed by atoms with van der Waals surface area (Å²) >= 11 is 0. The van der Waals surface area contributed by atoms with Gasteiger partial charge in [0.1, 0.15) is 18.3 Å². The first kappa shape index (κ1) is 15.8. The molecule has 3 rings (SSSR count). The molecular formula is C16H18O7. The molecule has 0 unspecified atom stereocenters. The summed E-state index contributed by atoms with van der Waals surface area (Å²) in [6.45, 7) is 0.394. The molecule has 2 heterocycles. The number of carbonyl (C=O) groups excluding carboxylic acids is 1. The molecule has 7 heteroatoms. The smallest absolute Gasteiger partial charge is 0.331 e. The monoisotopic (exact) mass is 322 g/mol. The Balaban J connectivity index is 1.59. The van der Waals surface area contributed by atoms with Gasteiger partial charge in [0.2, 0.25) is 0 Å². The van der Waals surface area contributed by atoms with Crippen molar-refractivity contribution in [2.45, 2.75) is 24.4 Å². The van der Waals surface area contributed by atoms with Crippen molar-refractivity contribution in [1.29, 1.82) is 0 Å². The van der Waals surface area contributed by atoms with E-state index in [1.165, 1.54) is 19.3 Å². The molecule has 4 atom stereocenters. The zero-order valence-corrected chi connectivity index (χ0v) is 12.5. The Morgan fingerprint density at radius 3 is 2.87 bits per heavy atom. The predicted molar refractivity (Wildman–Crippen MR) is 79.1 cm³/mol. The quantitative estimate of drug-likeness (QED) is 0.615. The average molecular weight is 322 g/mol. The van der Waals surface area contributed by atoms with Crippen molar-refractivity contribution in [2.75, 3.05) is 20.3 Å². The largest absolute Gasteiger partial charge is 0.504 e. The number of rotatable bonds is 4. The van der Waals surface area contributed by atoms with Crippen LogP contribution in [0.1, 0.15) is 5.56 Å². The van der Waals surface area contributed by atoms with Crippen LogP contribution in [0.4, 0.5) is 0 Å². The molecule has 0 saturated carbocycles. The summed E-state index contributed by atoms with van der Waals surface area (Å²) in [6.07, 6.45) is 0.786. The van der Waals surface area contributed by atoms with Crippen LogP contribution in [-0.4, -0.2) is 60.9 Å². The van der Waals surface area contributed by atoms with Gasteiger partial charge in [-0.05, 0) is 23.8 Å². The first-order valence-electron chi connectivity index (χ1n) is 7.25. The minimum absolute atomic E-state index is 0.0262. The predicted octanol–water partition coefficient (Wildman–Crippen LogP) is 0.484. The lowest BCUT2D eigenvalue weighted by atomic mass is 10.1. The number of aromatic hydroxyl groups is 1. The topological polar surface area (TPSA) is 94.5 Å². The van der Waals surface area contributed by atoms with Crippen LogP contribution < -0.4 is 4.74 Å². The number of aliphatic hydroxyl groups is 1. The third-order valence-electron chi connectivity index (χ3n) is 3.87. The highest BCUT2D eigenvalue weighted by Crippen LogP contribution is 2.29. The zero-order valence-electron chi connectivity index (χ0n) is 12.5. The maximum atomic E-state index is 11.9. The second-order valence-corrected chi connectivity index (χ2v) is 5.40. The van der Waals surface area contributed by atoms with Gasteiger partial charge in [0.25, 0.3) is 0 Å². The van der Waals surface area contributed by atoms with Gasteiger partial charge in [-0.15, -0.1) is 0 Å². The van der Waals surface area contributed by atoms with E-state index < -0.39 is 30.4 Å². The second kappa shape index (κ2) is 6.57. The molecule has 2 saturated heterocycles. The summed E-state index contributed by atoms with van der Waals surface area (Å²) in [6, 6.07) is 4.73. The van der Waals surface area contributed by atoms with Gasteiger partial charge in [-0.1, -0.05) is 6.07 Å². The van der Waals surface area contributed by atoms with Gasteiger partial charge in [0, 0.05) is 6.08 Å². The molecule has 0 aliphatic carbocycles. The molecular weight excluding hydrogens is 304 g/mol. The number of hydrogen-bond acceptors (Lipinski definition) is 7. The Bertz CT molecular complexity index is 612. The van der Waals surface area contributed by atoms with Crippen molar-refractivity contribution in [3.8, 4) is 11.5 Å². The highest BCUT2D eigenvalue weighted by Gasteiger charge is 2.48. The summed E-state index contributed by atoms with van der Waals surface area (Å²) in [4.78, 5) is 11.9. The molecule has 0 radical (unpaired) electrons. The molecule has 2 fully saturated rings. The molecule has 0 aromatic heterocycles. The van der Waals surface area contributed by atoms with Crippen LogP contribution in [0.5, 0.6) is 11.5 Å². The Morgan fingerprint density at radius 2 is 2.09 bits per heavy atom. The fraction of sp³-hybridized carbons (Fsp3) is 0.438. The highest BCUT2D eigenvalue weighted by molar-refractivity contribution is 5.87. The van der Waals surface area contributed by atoms with Crippen molar-refractivity contribution in [1.82, 2.24) is 0 Å². The van der Waals surface area contributed by atoms with E-state index in [-0.39, 0.29) is 19.0 Å². The zero-order chi connectivity index (χ0) is 16.4. The van der Waals surface area contributed by atoms with E-state index in [4.69, 9.17) is 18.9 Å². The first-order chi connectivity index (χ1) is 11.1. The van der Waals surface area contributed by atoms with Crippen LogP contribution in [0.15, 0.2) is 24.3 Å². The van der Waals surface area contributed by atoms with E-state index in [9.17, 15) is 15.0 Å². The Labute approximate surface area is 133 Å². The van der Waals surface area contributed by atoms with Gasteiger partial charge < -0.3 is 29.2 Å². The van der Waals surface area contributed by atoms with Crippen LogP contribution in [-0.2, 0) is 19.0 Å². The number of hydrogen-bond donors (Lipinski definition) is 2. The lowest BCUT2D eigenvalue weighted by Crippen LogP contribution is -2.33. The number of methoxy groups -OCH3 is 1. The summed E-state index contributed by atoms with van der Waals surface area (Å²) in [7, 11) is 1.45. The molecule has 2 aliphatic rings. The van der Waals surface area contributed by atoms with E-state index in [1.807, 2.05) is 0 Å². The molecule has 2 N–H and O–H groups in total. The van der Waals surface area contributed by atoms with E-state index in [0.717, 1.165) is 0 Å². The van der Waals surface area contributed by atoms with Crippen molar-refractivity contribution in [2.24, 2.45) is 0 Å². The maximum Gasteiger partial charge on any atom is 0.331 e. The van der Waals surface area contributed by atoms with Crippen LogP contribution in [0.25, 0.3) is 6.08 Å². The number of phenols is 1. The molecule has 23 heavy (non-hydrogen) atoms. The highest BCUT2D eigenvalue weighted by atomic mass is 16.6. The van der Waals surface area contributed by atoms with E-state index in [1.54, 1.807) is 18.2 Å². The Morgan fingerprint density at radius 1 is 1.30 bits per heavy atom. The minimum Gasteiger partial charge on any atom is -0.504 e. The molecule has 0 spiro atoms. The SMILES string of the molecule is COc1cc(C=CC(=O)O[C@@H]2CO[C@H]3[C@@H]2OC[C@@H]3O)ccc1O. The van der Waals surface area contributed by atoms with E-state index >= 15 is 0 Å². The fourth-order valence-electron chi connectivity index (χ4n) is 2.70. The van der Waals surface area contributed by atoms with E-state index in [2.05, 4.69) is 0 Å². The number of benzene rings is 1. The maximum absolute atomic E-state index is 11.9. The van der Waals surface area contributed by atoms with E-state index in [0.29, 0.717) is 11.3 Å². The van der Waals surface area contributed by atoms with Crippen LogP contribution in [0.2, 0.25) is 0 Å². The van der Waals surface area contributed by atoms with Crippen LogP contribution in [0.3, 0.4) is 0 Å². The molecule has 1 aromatic carbocycles. The van der Waals surface area contributed by atoms with Gasteiger partial charge in [-0.2, -0.15) is 0 Å². The Kier molecular flexibility index (Phi) is 4.51. The number of ether oxygens (including phenoxy) is 4. The summed E-state index contributed by atoms with van der Waals surface area (Å²) in [5, 5.41) is 19.2. The van der Waals surface area contributed by atoms with Gasteiger partial charge in [0.15, 0.2) is 17.6 Å². The average Bonchev–Trinajstić information content (AvgIpc) is 3.10. The second-order valence-electron chi connectivity index (χ2n) is 5.40. The lowest BCUT2D eigenvalue weighted by molar-refractivity contribution is -0.147. The number of phenolic OH excluding ortho intramolecular Hbond substituents is 1. The minimum atomic E-state index is -0.677. The van der Waals surface area contributed by atoms with Gasteiger partial charge in [0.05, 0.1) is 20.3 Å². The molecule has 124 valence electrons. The van der Waals surface area contributed by atoms with Gasteiger partial charge >= 0.3 is 5.97 Å². The molecule has 7 nitrogen and oxygen atoms in total. The van der Waals surface area contributed by atoms with Crippen molar-refractivity contribution in [3.05, 3.63) is 29.8 Å². The lowest BCUT2D eigenvalue weighted by Gasteiger charge is -2.15. The first-order valence-corrected chi connectivity index (χ1v) is 7.25. The summed E-state index contributed by atoms with van der Waals surface area (Å²) < 4.78 is 21.1. The van der Waals surface area contributed by atoms with Crippen molar-refractivity contribution < 1.29 is 34.0 Å². The molecule has 0 bridgehead atoms. The third-order valence-corrected chi connectivity index (χ3v) is 3.87. The van der Waals surface area contributed by atoms with Crippen LogP contribution in [0, 0.1) is 0 Å². The fourth-order valence-corrected chi connectivity index (χ4v) is 2.70. The number of carbonyl (C=O) groups is 1. The van der Waals surface area contributed by atoms with Gasteiger partial charge in [-0.3, -0.25) is 0 Å². The summed E-state index contributed by atoms with van der Waals surface area (Å²) in [5.74, 6) is -0.185. The van der Waals surface area contributed by atoms with Crippen molar-refractivity contribution in [3.63, 3.8) is 0 Å². The Hall–Kier alpha value is -2.09. The molecule has 0 amide bonds. The number of fused-ring (bicyclic) bond motifs is 1. The number of esters is 1. The summed E-state index contributed by atoms with van der Waals surface area (Å²) in [5.41, 5.74) is 0.685. The molecule has 1 aromatic rings. The normalized spacial score (nSPS) is 29.7. The standard InChI is InChI=1S/C16H18O7/c1-20-12-6-9(2-4-10(12)17)3-5-14(19)23-13-8-22-15-11(18)7-21-16(13)15/h2-6,11,13,15-18H,7-8H2,1H3/t11-,13+,15+,16+/m0/s1. The third kappa shape index (κ3) is 3.31. The van der Waals surface area contributed by atoms with Crippen LogP contribution >= 0.6 is 0 Å². The van der Waals surface area contributed by atoms with Gasteiger partial charge in [-0.25, -0.2) is 4.79 Å². The number of aliphatic hydroxyl groups excluding tert-OH is 1. The molecule has 2 aliphatic heterocycles. The van der Waals surface area contributed by atoms with Crippen molar-refractivity contribution >= 4 is 12.0 Å².